The van der Waals surface area contributed by atoms with Crippen LogP contribution in [0.15, 0.2) is 53.4 Å². The molecular weight excluding hydrogens is 480 g/mol. The van der Waals surface area contributed by atoms with Crippen molar-refractivity contribution in [1.29, 1.82) is 0 Å². The van der Waals surface area contributed by atoms with Crippen LogP contribution >= 0.6 is 23.4 Å². The molecule has 1 N–H and O–H groups in total. The van der Waals surface area contributed by atoms with Crippen LogP contribution in [0.1, 0.15) is 40.9 Å². The lowest BCUT2D eigenvalue weighted by atomic mass is 10.2. The van der Waals surface area contributed by atoms with Gasteiger partial charge in [-0.15, -0.1) is 0 Å². The molecule has 0 atom stereocenters. The maximum Gasteiger partial charge on any atom is 0.256 e. The molecule has 2 aliphatic heterocycles. The van der Waals surface area contributed by atoms with Crippen molar-refractivity contribution in [1.82, 2.24) is 14.1 Å². The molecule has 0 spiro atoms. The standard InChI is InChI=1S/C23H23ClN4O3S2/c24-17-5-4-6-18(13-17)28-22(20-14-32-15-21(20)26-28)25-23(29)16-7-9-19(10-8-16)33(30,31)27-11-2-1-3-12-27/h4-10,13H,1-3,11-12,14-15H2,(H,25,29). The molecule has 1 amide bonds. The number of carbonyl (C=O) groups excluding carboxylic acids is 1. The van der Waals surface area contributed by atoms with E-state index in [4.69, 9.17) is 11.6 Å². The highest BCUT2D eigenvalue weighted by atomic mass is 35.5. The quantitative estimate of drug-likeness (QED) is 0.546. The summed E-state index contributed by atoms with van der Waals surface area (Å²) < 4.78 is 29.0. The van der Waals surface area contributed by atoms with E-state index in [1.54, 1.807) is 40.7 Å². The highest BCUT2D eigenvalue weighted by molar-refractivity contribution is 7.98. The normalized spacial score (nSPS) is 16.5. The minimum atomic E-state index is -3.54. The summed E-state index contributed by atoms with van der Waals surface area (Å²) in [5.74, 6) is 1.85. The molecule has 172 valence electrons. The predicted molar refractivity (Wildman–Crippen MR) is 131 cm³/mol. The van der Waals surface area contributed by atoms with E-state index >= 15 is 0 Å². The van der Waals surface area contributed by atoms with Crippen molar-refractivity contribution in [2.75, 3.05) is 18.4 Å². The molecule has 0 aliphatic carbocycles. The molecule has 2 aromatic carbocycles. The number of amides is 1. The zero-order valence-corrected chi connectivity index (χ0v) is 20.2. The van der Waals surface area contributed by atoms with Gasteiger partial charge in [-0.3, -0.25) is 4.79 Å². The monoisotopic (exact) mass is 502 g/mol. The number of aromatic nitrogens is 2. The van der Waals surface area contributed by atoms with Crippen LogP contribution in [-0.2, 0) is 21.5 Å². The van der Waals surface area contributed by atoms with Crippen molar-refractivity contribution in [3.63, 3.8) is 0 Å². The van der Waals surface area contributed by atoms with Gasteiger partial charge in [0.15, 0.2) is 0 Å². The van der Waals surface area contributed by atoms with Crippen LogP contribution in [0.2, 0.25) is 5.02 Å². The molecule has 0 bridgehead atoms. The average molecular weight is 503 g/mol. The van der Waals surface area contributed by atoms with Crippen molar-refractivity contribution in [3.8, 4) is 5.69 Å². The van der Waals surface area contributed by atoms with Crippen LogP contribution in [0.5, 0.6) is 0 Å². The maximum absolute atomic E-state index is 13.1. The molecule has 1 saturated heterocycles. The maximum atomic E-state index is 13.1. The minimum absolute atomic E-state index is 0.210. The Labute approximate surface area is 202 Å². The molecule has 10 heteroatoms. The number of thioether (sulfide) groups is 1. The molecule has 1 fully saturated rings. The fourth-order valence-corrected chi connectivity index (χ4v) is 6.88. The summed E-state index contributed by atoms with van der Waals surface area (Å²) in [6.07, 6.45) is 2.81. The third-order valence-corrected chi connectivity index (χ3v) is 9.02. The first kappa shape index (κ1) is 22.5. The molecule has 1 aromatic heterocycles. The van der Waals surface area contributed by atoms with E-state index < -0.39 is 10.0 Å². The Morgan fingerprint density at radius 2 is 1.79 bits per heavy atom. The van der Waals surface area contributed by atoms with Crippen molar-refractivity contribution in [3.05, 3.63) is 70.4 Å². The number of rotatable bonds is 5. The van der Waals surface area contributed by atoms with Gasteiger partial charge in [-0.25, -0.2) is 13.1 Å². The lowest BCUT2D eigenvalue weighted by molar-refractivity contribution is 0.102. The summed E-state index contributed by atoms with van der Waals surface area (Å²) in [5, 5.41) is 8.26. The van der Waals surface area contributed by atoms with E-state index in [1.807, 2.05) is 12.1 Å². The van der Waals surface area contributed by atoms with Gasteiger partial charge in [-0.05, 0) is 55.3 Å². The molecule has 3 aromatic rings. The lowest BCUT2D eigenvalue weighted by Crippen LogP contribution is -2.35. The van der Waals surface area contributed by atoms with E-state index in [0.29, 0.717) is 29.5 Å². The fraction of sp³-hybridized carbons (Fsp3) is 0.304. The SMILES string of the molecule is O=C(Nc1c2c(nn1-c1cccc(Cl)c1)CSC2)c1ccc(S(=O)(=O)N2CCCCC2)cc1. The van der Waals surface area contributed by atoms with E-state index in [9.17, 15) is 13.2 Å². The Hall–Kier alpha value is -2.33. The topological polar surface area (TPSA) is 84.3 Å². The smallest absolute Gasteiger partial charge is 0.256 e. The highest BCUT2D eigenvalue weighted by Crippen LogP contribution is 2.36. The van der Waals surface area contributed by atoms with Crippen LogP contribution in [-0.4, -0.2) is 41.5 Å². The van der Waals surface area contributed by atoms with E-state index in [-0.39, 0.29) is 10.8 Å². The molecular formula is C23H23ClN4O3S2. The second-order valence-corrected chi connectivity index (χ2v) is 11.5. The van der Waals surface area contributed by atoms with Gasteiger partial charge in [-0.2, -0.15) is 21.2 Å². The second-order valence-electron chi connectivity index (χ2n) is 8.10. The highest BCUT2D eigenvalue weighted by Gasteiger charge is 2.27. The Kier molecular flexibility index (Phi) is 6.22. The second kappa shape index (κ2) is 9.13. The third kappa shape index (κ3) is 4.42. The molecule has 0 radical (unpaired) electrons. The fourth-order valence-electron chi connectivity index (χ4n) is 4.15. The molecule has 7 nitrogen and oxygen atoms in total. The molecule has 5 rings (SSSR count). The van der Waals surface area contributed by atoms with E-state index in [2.05, 4.69) is 10.4 Å². The van der Waals surface area contributed by atoms with Crippen LogP contribution < -0.4 is 5.32 Å². The molecule has 33 heavy (non-hydrogen) atoms. The van der Waals surface area contributed by atoms with Crippen molar-refractivity contribution in [2.45, 2.75) is 35.7 Å². The number of sulfonamides is 1. The summed E-state index contributed by atoms with van der Waals surface area (Å²) in [4.78, 5) is 13.3. The van der Waals surface area contributed by atoms with Gasteiger partial charge in [0, 0.05) is 40.7 Å². The Bertz CT molecular complexity index is 1300. The zero-order chi connectivity index (χ0) is 23.0. The van der Waals surface area contributed by atoms with Crippen LogP contribution in [0.25, 0.3) is 5.69 Å². The largest absolute Gasteiger partial charge is 0.306 e. The lowest BCUT2D eigenvalue weighted by Gasteiger charge is -2.25. The van der Waals surface area contributed by atoms with Gasteiger partial charge in [0.25, 0.3) is 5.91 Å². The number of hydrogen-bond acceptors (Lipinski definition) is 5. The summed E-state index contributed by atoms with van der Waals surface area (Å²) in [7, 11) is -3.54. The molecule has 3 heterocycles. The number of hydrogen-bond donors (Lipinski definition) is 1. The Balaban J connectivity index is 1.40. The van der Waals surface area contributed by atoms with E-state index in [1.165, 1.54) is 16.4 Å². The van der Waals surface area contributed by atoms with Crippen LogP contribution in [0.3, 0.4) is 0 Å². The van der Waals surface area contributed by atoms with Crippen molar-refractivity contribution >= 4 is 45.1 Å². The molecule has 0 unspecified atom stereocenters. The number of fused-ring (bicyclic) bond motifs is 1. The van der Waals surface area contributed by atoms with Gasteiger partial charge in [0.1, 0.15) is 5.82 Å². The first-order valence-electron chi connectivity index (χ1n) is 10.8. The van der Waals surface area contributed by atoms with Crippen LogP contribution in [0, 0.1) is 0 Å². The summed E-state index contributed by atoms with van der Waals surface area (Å²) >= 11 is 7.91. The van der Waals surface area contributed by atoms with Gasteiger partial charge in [0.2, 0.25) is 10.0 Å². The number of piperidine rings is 1. The number of carbonyl (C=O) groups is 1. The summed E-state index contributed by atoms with van der Waals surface area (Å²) in [6, 6.07) is 13.4. The number of anilines is 1. The molecule has 0 saturated carbocycles. The van der Waals surface area contributed by atoms with Gasteiger partial charge >= 0.3 is 0 Å². The number of benzene rings is 2. The van der Waals surface area contributed by atoms with Gasteiger partial charge < -0.3 is 5.32 Å². The first-order chi connectivity index (χ1) is 15.9. The third-order valence-electron chi connectivity index (χ3n) is 5.91. The number of nitrogens with one attached hydrogen (secondary N) is 1. The van der Waals surface area contributed by atoms with Crippen LogP contribution in [0.4, 0.5) is 5.82 Å². The van der Waals surface area contributed by atoms with Crippen molar-refractivity contribution in [2.24, 2.45) is 0 Å². The number of nitrogens with zero attached hydrogens (tertiary/aromatic N) is 3. The van der Waals surface area contributed by atoms with Crippen molar-refractivity contribution < 1.29 is 13.2 Å². The van der Waals surface area contributed by atoms with E-state index in [0.717, 1.165) is 47.7 Å². The van der Waals surface area contributed by atoms with Gasteiger partial charge in [0.05, 0.1) is 16.3 Å². The Morgan fingerprint density at radius 1 is 1.03 bits per heavy atom. The summed E-state index contributed by atoms with van der Waals surface area (Å²) in [6.45, 7) is 1.09. The molecule has 2 aliphatic rings. The minimum Gasteiger partial charge on any atom is -0.306 e. The first-order valence-corrected chi connectivity index (χ1v) is 13.8. The predicted octanol–water partition coefficient (Wildman–Crippen LogP) is 4.70. The van der Waals surface area contributed by atoms with Gasteiger partial charge in [-0.1, -0.05) is 24.1 Å². The Morgan fingerprint density at radius 3 is 2.52 bits per heavy atom. The number of halogens is 1. The zero-order valence-electron chi connectivity index (χ0n) is 17.8. The summed E-state index contributed by atoms with van der Waals surface area (Å²) in [5.41, 5.74) is 3.09. The average Bonchev–Trinajstić information content (AvgIpc) is 3.42.